The quantitative estimate of drug-likeness (QED) is 0.720. The molecule has 0 aliphatic carbocycles. The molecule has 3 aromatic rings. The van der Waals surface area contributed by atoms with E-state index in [1.54, 1.807) is 15.6 Å². The van der Waals surface area contributed by atoms with Gasteiger partial charge < -0.3 is 4.90 Å². The lowest BCUT2D eigenvalue weighted by atomic mass is 10.1. The molecule has 0 radical (unpaired) electrons. The van der Waals surface area contributed by atoms with E-state index in [-0.39, 0.29) is 17.4 Å². The predicted octanol–water partition coefficient (Wildman–Crippen LogP) is 3.01. The first kappa shape index (κ1) is 16.9. The van der Waals surface area contributed by atoms with E-state index in [0.29, 0.717) is 18.4 Å². The Labute approximate surface area is 146 Å². The lowest BCUT2D eigenvalue weighted by Gasteiger charge is -2.25. The van der Waals surface area contributed by atoms with Crippen molar-refractivity contribution in [2.45, 2.75) is 25.9 Å². The normalized spacial score (nSPS) is 12.1. The van der Waals surface area contributed by atoms with Crippen LogP contribution in [0.2, 0.25) is 0 Å². The number of fused-ring (bicyclic) bond motifs is 1. The van der Waals surface area contributed by atoms with Crippen molar-refractivity contribution in [2.75, 3.05) is 7.05 Å². The minimum Gasteiger partial charge on any atom is -0.339 e. The van der Waals surface area contributed by atoms with Gasteiger partial charge in [-0.25, -0.2) is 0 Å². The fourth-order valence-corrected chi connectivity index (χ4v) is 2.89. The molecule has 0 bridgehead atoms. The third kappa shape index (κ3) is 3.60. The number of carbonyl (C=O) groups is 1. The zero-order valence-corrected chi connectivity index (χ0v) is 14.4. The molecule has 0 spiro atoms. The molecule has 0 aliphatic heterocycles. The van der Waals surface area contributed by atoms with Crippen LogP contribution in [0.5, 0.6) is 0 Å². The van der Waals surface area contributed by atoms with Crippen LogP contribution in [-0.2, 0) is 11.3 Å². The molecule has 5 nitrogen and oxygen atoms in total. The summed E-state index contributed by atoms with van der Waals surface area (Å²) in [5, 5.41) is 4.80. The molecule has 0 unspecified atom stereocenters. The Morgan fingerprint density at radius 1 is 1.12 bits per heavy atom. The Hall–Kier alpha value is -2.95. The van der Waals surface area contributed by atoms with Gasteiger partial charge in [0.05, 0.1) is 24.3 Å². The van der Waals surface area contributed by atoms with Crippen LogP contribution in [0.1, 0.15) is 24.9 Å². The fourth-order valence-electron chi connectivity index (χ4n) is 2.89. The molecule has 2 aromatic carbocycles. The molecule has 25 heavy (non-hydrogen) atoms. The van der Waals surface area contributed by atoms with Gasteiger partial charge in [0.15, 0.2) is 0 Å². The van der Waals surface area contributed by atoms with E-state index in [9.17, 15) is 9.59 Å². The molecular weight excluding hydrogens is 314 g/mol. The topological polar surface area (TPSA) is 55.2 Å². The maximum Gasteiger partial charge on any atom is 0.224 e. The number of benzene rings is 2. The Kier molecular flexibility index (Phi) is 4.93. The van der Waals surface area contributed by atoms with Crippen molar-refractivity contribution in [3.63, 3.8) is 0 Å². The summed E-state index contributed by atoms with van der Waals surface area (Å²) in [6.07, 6.45) is 1.64. The van der Waals surface area contributed by atoms with E-state index >= 15 is 0 Å². The molecule has 128 valence electrons. The lowest BCUT2D eigenvalue weighted by molar-refractivity contribution is -0.132. The zero-order valence-electron chi connectivity index (χ0n) is 14.4. The summed E-state index contributed by atoms with van der Waals surface area (Å²) >= 11 is 0. The van der Waals surface area contributed by atoms with Crippen LogP contribution in [-0.4, -0.2) is 27.6 Å². The molecular formula is C20H21N3O2. The van der Waals surface area contributed by atoms with Gasteiger partial charge in [0.1, 0.15) is 0 Å². The van der Waals surface area contributed by atoms with E-state index in [4.69, 9.17) is 0 Å². The van der Waals surface area contributed by atoms with Gasteiger partial charge in [0.2, 0.25) is 11.3 Å². The Morgan fingerprint density at radius 3 is 2.56 bits per heavy atom. The summed E-state index contributed by atoms with van der Waals surface area (Å²) in [6, 6.07) is 17.3. The van der Waals surface area contributed by atoms with Gasteiger partial charge in [0.25, 0.3) is 0 Å². The maximum absolute atomic E-state index is 12.6. The standard InChI is InChI=1S/C20H21N3O2/c1-15(16-8-4-3-5-9-16)22(2)20(25)12-13-23-18-11-7-6-10-17(18)19(24)14-21-23/h3-11,14-15H,12-13H2,1-2H3/t15-/m0/s1. The van der Waals surface area contributed by atoms with Crippen molar-refractivity contribution in [3.05, 3.63) is 76.6 Å². The third-order valence-electron chi connectivity index (χ3n) is 4.56. The maximum atomic E-state index is 12.6. The van der Waals surface area contributed by atoms with E-state index in [2.05, 4.69) is 5.10 Å². The smallest absolute Gasteiger partial charge is 0.224 e. The van der Waals surface area contributed by atoms with Crippen molar-refractivity contribution in [3.8, 4) is 0 Å². The SMILES string of the molecule is C[C@@H](c1ccccc1)N(C)C(=O)CCn1ncc(=O)c2ccccc21. The Balaban J connectivity index is 1.72. The van der Waals surface area contributed by atoms with Crippen LogP contribution < -0.4 is 5.43 Å². The van der Waals surface area contributed by atoms with Gasteiger partial charge in [-0.05, 0) is 24.6 Å². The van der Waals surface area contributed by atoms with E-state index in [0.717, 1.165) is 11.1 Å². The second kappa shape index (κ2) is 7.30. The van der Waals surface area contributed by atoms with Crippen molar-refractivity contribution in [1.82, 2.24) is 14.7 Å². The number of hydrogen-bond acceptors (Lipinski definition) is 3. The third-order valence-corrected chi connectivity index (χ3v) is 4.56. The largest absolute Gasteiger partial charge is 0.339 e. The lowest BCUT2D eigenvalue weighted by Crippen LogP contribution is -2.30. The molecule has 1 heterocycles. The summed E-state index contributed by atoms with van der Waals surface area (Å²) < 4.78 is 1.72. The van der Waals surface area contributed by atoms with Crippen molar-refractivity contribution >= 4 is 16.8 Å². The number of nitrogens with zero attached hydrogens (tertiary/aromatic N) is 3. The van der Waals surface area contributed by atoms with Crippen LogP contribution in [0.4, 0.5) is 0 Å². The van der Waals surface area contributed by atoms with Crippen LogP contribution in [0.3, 0.4) is 0 Å². The minimum absolute atomic E-state index is 0.00687. The average molecular weight is 335 g/mol. The summed E-state index contributed by atoms with van der Waals surface area (Å²) in [6.45, 7) is 2.45. The second-order valence-electron chi connectivity index (χ2n) is 6.09. The summed E-state index contributed by atoms with van der Waals surface area (Å²) in [4.78, 5) is 26.2. The van der Waals surface area contributed by atoms with Crippen LogP contribution in [0, 0.1) is 0 Å². The monoisotopic (exact) mass is 335 g/mol. The van der Waals surface area contributed by atoms with Crippen molar-refractivity contribution in [2.24, 2.45) is 0 Å². The van der Waals surface area contributed by atoms with Gasteiger partial charge in [-0.1, -0.05) is 42.5 Å². The number of amides is 1. The van der Waals surface area contributed by atoms with Crippen LogP contribution >= 0.6 is 0 Å². The highest BCUT2D eigenvalue weighted by atomic mass is 16.2. The number of aromatic nitrogens is 2. The van der Waals surface area contributed by atoms with E-state index in [1.165, 1.54) is 6.20 Å². The minimum atomic E-state index is -0.104. The number of aryl methyl sites for hydroxylation is 1. The molecule has 0 saturated heterocycles. The highest BCUT2D eigenvalue weighted by Gasteiger charge is 2.17. The molecule has 0 saturated carbocycles. The molecule has 0 N–H and O–H groups in total. The molecule has 0 aliphatic rings. The summed E-state index contributed by atoms with van der Waals surface area (Å²) in [5.74, 6) is 0.0425. The molecule has 1 amide bonds. The molecule has 1 atom stereocenters. The summed E-state index contributed by atoms with van der Waals surface area (Å²) in [5.41, 5.74) is 1.75. The molecule has 0 fully saturated rings. The molecule has 5 heteroatoms. The van der Waals surface area contributed by atoms with Gasteiger partial charge >= 0.3 is 0 Å². The molecule has 3 rings (SSSR count). The Morgan fingerprint density at radius 2 is 1.80 bits per heavy atom. The average Bonchev–Trinajstić information content (AvgIpc) is 2.67. The number of para-hydroxylation sites is 1. The fraction of sp³-hybridized carbons (Fsp3) is 0.250. The first-order valence-electron chi connectivity index (χ1n) is 8.33. The second-order valence-corrected chi connectivity index (χ2v) is 6.09. The van der Waals surface area contributed by atoms with E-state index in [1.807, 2.05) is 62.5 Å². The van der Waals surface area contributed by atoms with Crippen molar-refractivity contribution in [1.29, 1.82) is 0 Å². The molecule has 1 aromatic heterocycles. The number of hydrogen-bond donors (Lipinski definition) is 0. The van der Waals surface area contributed by atoms with Gasteiger partial charge in [-0.2, -0.15) is 5.10 Å². The van der Waals surface area contributed by atoms with Gasteiger partial charge in [-0.15, -0.1) is 0 Å². The Bertz CT molecular complexity index is 934. The van der Waals surface area contributed by atoms with Crippen LogP contribution in [0.15, 0.2) is 65.6 Å². The number of carbonyl (C=O) groups excluding carboxylic acids is 1. The van der Waals surface area contributed by atoms with E-state index < -0.39 is 0 Å². The van der Waals surface area contributed by atoms with Gasteiger partial charge in [-0.3, -0.25) is 14.3 Å². The zero-order chi connectivity index (χ0) is 17.8. The predicted molar refractivity (Wildman–Crippen MR) is 98.2 cm³/mol. The van der Waals surface area contributed by atoms with Gasteiger partial charge in [0, 0.05) is 18.9 Å². The number of rotatable bonds is 5. The summed E-state index contributed by atoms with van der Waals surface area (Å²) in [7, 11) is 1.82. The highest BCUT2D eigenvalue weighted by molar-refractivity contribution is 5.79. The highest BCUT2D eigenvalue weighted by Crippen LogP contribution is 2.19. The van der Waals surface area contributed by atoms with Crippen molar-refractivity contribution < 1.29 is 4.79 Å². The van der Waals surface area contributed by atoms with Crippen LogP contribution in [0.25, 0.3) is 10.9 Å². The first-order chi connectivity index (χ1) is 12.1. The first-order valence-corrected chi connectivity index (χ1v) is 8.33.